The second kappa shape index (κ2) is 14.8. The molecule has 1 heterocycles. The molecule has 3 aromatic rings. The number of amides is 1. The van der Waals surface area contributed by atoms with Crippen molar-refractivity contribution < 1.29 is 23.4 Å². The first-order valence-corrected chi connectivity index (χ1v) is 12.2. The van der Waals surface area contributed by atoms with Crippen molar-refractivity contribution in [2.75, 3.05) is 19.0 Å². The van der Waals surface area contributed by atoms with Gasteiger partial charge in [-0.25, -0.2) is 4.39 Å². The predicted molar refractivity (Wildman–Crippen MR) is 151 cm³/mol. The molecular formula is C29H40FN3O5. The second-order valence-corrected chi connectivity index (χ2v) is 8.19. The number of primary amides is 1. The highest BCUT2D eigenvalue weighted by Gasteiger charge is 2.23. The van der Waals surface area contributed by atoms with E-state index in [4.69, 9.17) is 19.9 Å². The molecule has 0 radical (unpaired) electrons. The van der Waals surface area contributed by atoms with Gasteiger partial charge in [0.2, 0.25) is 0 Å². The fraction of sp³-hybridized carbons (Fsp3) is 0.379. The number of nitrogens with one attached hydrogen (secondary N) is 1. The van der Waals surface area contributed by atoms with Crippen molar-refractivity contribution >= 4 is 17.4 Å². The molecule has 1 unspecified atom stereocenters. The van der Waals surface area contributed by atoms with E-state index < -0.39 is 17.3 Å². The number of nitrogens with zero attached hydrogens (tertiary/aromatic N) is 1. The summed E-state index contributed by atoms with van der Waals surface area (Å²) in [5.74, 6) is -0.476. The predicted octanol–water partition coefficient (Wildman–Crippen LogP) is 6.24. The summed E-state index contributed by atoms with van der Waals surface area (Å²) in [4.78, 5) is 25.2. The number of carbonyl (C=O) groups is 1. The molecule has 0 bridgehead atoms. The van der Waals surface area contributed by atoms with Crippen molar-refractivity contribution in [1.82, 2.24) is 4.57 Å². The fourth-order valence-electron chi connectivity index (χ4n) is 3.54. The molecule has 208 valence electrons. The van der Waals surface area contributed by atoms with E-state index in [-0.39, 0.29) is 36.3 Å². The zero-order valence-corrected chi connectivity index (χ0v) is 22.5. The van der Waals surface area contributed by atoms with E-state index in [1.54, 1.807) is 45.2 Å². The largest absolute Gasteiger partial charge is 0.488 e. The van der Waals surface area contributed by atoms with Gasteiger partial charge in [0.05, 0.1) is 12.3 Å². The normalized spacial score (nSPS) is 10.9. The number of carbonyl (C=O) groups excluding carboxylic acids is 1. The highest BCUT2D eigenvalue weighted by Crippen LogP contribution is 2.35. The highest BCUT2D eigenvalue weighted by molar-refractivity contribution is 6.01. The summed E-state index contributed by atoms with van der Waals surface area (Å²) in [6, 6.07) is 11.0. The molecule has 1 atom stereocenters. The van der Waals surface area contributed by atoms with Crippen molar-refractivity contribution in [3.8, 4) is 17.2 Å². The van der Waals surface area contributed by atoms with Crippen molar-refractivity contribution in [2.24, 2.45) is 12.8 Å². The van der Waals surface area contributed by atoms with Crippen LogP contribution < -0.4 is 26.1 Å². The summed E-state index contributed by atoms with van der Waals surface area (Å²) in [5, 5.41) is 2.83. The smallest absolute Gasteiger partial charge is 0.256 e. The van der Waals surface area contributed by atoms with Crippen LogP contribution in [0.5, 0.6) is 17.2 Å². The Morgan fingerprint density at radius 2 is 1.76 bits per heavy atom. The molecule has 0 fully saturated rings. The molecule has 8 nitrogen and oxygen atoms in total. The first-order chi connectivity index (χ1) is 17.7. The Bertz CT molecular complexity index is 1290. The third-order valence-electron chi connectivity index (χ3n) is 5.58. The average Bonchev–Trinajstić information content (AvgIpc) is 2.86. The molecule has 0 aliphatic heterocycles. The van der Waals surface area contributed by atoms with E-state index in [0.29, 0.717) is 23.7 Å². The molecule has 1 aromatic heterocycles. The third kappa shape index (κ3) is 7.58. The Kier molecular flexibility index (Phi) is 12.5. The van der Waals surface area contributed by atoms with Crippen LogP contribution in [0.2, 0.25) is 0 Å². The van der Waals surface area contributed by atoms with E-state index >= 15 is 0 Å². The van der Waals surface area contributed by atoms with Crippen molar-refractivity contribution in [3.05, 3.63) is 75.3 Å². The molecule has 0 saturated heterocycles. The molecule has 3 N–H and O–H groups in total. The minimum atomic E-state index is -0.846. The van der Waals surface area contributed by atoms with E-state index in [9.17, 15) is 14.0 Å². The zero-order chi connectivity index (χ0) is 27.7. The molecule has 0 spiro atoms. The summed E-state index contributed by atoms with van der Waals surface area (Å²) < 4.78 is 33.0. The lowest BCUT2D eigenvalue weighted by Gasteiger charge is -2.21. The van der Waals surface area contributed by atoms with Crippen LogP contribution in [0, 0.1) is 19.7 Å². The molecule has 2 aromatic carbocycles. The average molecular weight is 530 g/mol. The summed E-state index contributed by atoms with van der Waals surface area (Å²) >= 11 is 0. The Hall–Kier alpha value is -3.85. The number of aryl methyl sites for hydroxylation is 1. The molecular weight excluding hydrogens is 489 g/mol. The number of hydrogen-bond acceptors (Lipinski definition) is 6. The van der Waals surface area contributed by atoms with Gasteiger partial charge in [0, 0.05) is 25.8 Å². The highest BCUT2D eigenvalue weighted by atomic mass is 19.1. The van der Waals surface area contributed by atoms with Crippen LogP contribution in [0.15, 0.2) is 47.3 Å². The van der Waals surface area contributed by atoms with Gasteiger partial charge in [0.25, 0.3) is 11.5 Å². The lowest BCUT2D eigenvalue weighted by molar-refractivity contribution is 0.0781. The Labute approximate surface area is 224 Å². The SMILES string of the molecule is C.CC.CCC(COC)Oc1cccc(Oc2cc(=O)n(C)c(Nc3ccc(C)cc3F)c2C(N)=O)c1C. The number of benzene rings is 2. The van der Waals surface area contributed by atoms with E-state index in [0.717, 1.165) is 12.0 Å². The molecule has 38 heavy (non-hydrogen) atoms. The molecule has 3 rings (SSSR count). The maximum atomic E-state index is 14.5. The molecule has 0 aliphatic carbocycles. The molecule has 0 saturated carbocycles. The number of nitrogens with two attached hydrogens (primary N) is 1. The van der Waals surface area contributed by atoms with Gasteiger partial charge in [-0.05, 0) is 50.1 Å². The number of hydrogen-bond donors (Lipinski definition) is 2. The Morgan fingerprint density at radius 1 is 1.11 bits per heavy atom. The van der Waals surface area contributed by atoms with Gasteiger partial charge in [0.15, 0.2) is 0 Å². The standard InChI is InChI=1S/C26H30FN3O5.C2H6.CH4/c1-6-17(14-33-5)34-20-8-7-9-21(16(20)3)35-22-13-23(31)30(4)26(24(22)25(28)32)29-19-11-10-15(2)12-18(19)27;1-2;/h7-13,17,29H,6,14H2,1-5H3,(H2,28,32);1-2H3;1H4. The van der Waals surface area contributed by atoms with E-state index in [1.165, 1.54) is 29.8 Å². The number of ether oxygens (including phenoxy) is 3. The van der Waals surface area contributed by atoms with Crippen LogP contribution in [0.25, 0.3) is 0 Å². The third-order valence-corrected chi connectivity index (χ3v) is 5.58. The minimum absolute atomic E-state index is 0. The summed E-state index contributed by atoms with van der Waals surface area (Å²) in [6.45, 7) is 9.97. The number of aromatic nitrogens is 1. The molecule has 1 amide bonds. The van der Waals surface area contributed by atoms with Crippen molar-refractivity contribution in [1.29, 1.82) is 0 Å². The minimum Gasteiger partial charge on any atom is -0.488 e. The van der Waals surface area contributed by atoms with Crippen molar-refractivity contribution in [2.45, 2.75) is 54.6 Å². The molecule has 9 heteroatoms. The lowest BCUT2D eigenvalue weighted by atomic mass is 10.1. The van der Waals surface area contributed by atoms with Crippen LogP contribution in [-0.2, 0) is 11.8 Å². The first-order valence-electron chi connectivity index (χ1n) is 12.2. The van der Waals surface area contributed by atoms with Gasteiger partial charge in [-0.15, -0.1) is 0 Å². The quantitative estimate of drug-likeness (QED) is 0.322. The zero-order valence-electron chi connectivity index (χ0n) is 22.5. The monoisotopic (exact) mass is 529 g/mol. The van der Waals surface area contributed by atoms with Gasteiger partial charge in [-0.3, -0.25) is 14.2 Å². The van der Waals surface area contributed by atoms with Gasteiger partial charge in [-0.1, -0.05) is 40.3 Å². The maximum absolute atomic E-state index is 14.5. The number of halogens is 1. The first kappa shape index (κ1) is 32.2. The number of methoxy groups -OCH3 is 1. The second-order valence-electron chi connectivity index (χ2n) is 8.19. The Balaban J connectivity index is 0.00000235. The molecule has 0 aliphatic rings. The van der Waals surface area contributed by atoms with Gasteiger partial charge in [0.1, 0.15) is 40.6 Å². The van der Waals surface area contributed by atoms with Crippen LogP contribution in [-0.4, -0.2) is 30.3 Å². The summed E-state index contributed by atoms with van der Waals surface area (Å²) in [5.41, 5.74) is 6.59. The van der Waals surface area contributed by atoms with Gasteiger partial charge >= 0.3 is 0 Å². The Morgan fingerprint density at radius 3 is 2.34 bits per heavy atom. The number of anilines is 2. The summed E-state index contributed by atoms with van der Waals surface area (Å²) in [7, 11) is 3.06. The number of rotatable bonds is 10. The van der Waals surface area contributed by atoms with E-state index in [2.05, 4.69) is 5.32 Å². The van der Waals surface area contributed by atoms with Crippen LogP contribution in [0.4, 0.5) is 15.9 Å². The van der Waals surface area contributed by atoms with Crippen LogP contribution >= 0.6 is 0 Å². The fourth-order valence-corrected chi connectivity index (χ4v) is 3.54. The topological polar surface area (TPSA) is 105 Å². The van der Waals surface area contributed by atoms with Crippen LogP contribution in [0.1, 0.15) is 56.1 Å². The summed E-state index contributed by atoms with van der Waals surface area (Å²) in [6.07, 6.45) is 0.586. The van der Waals surface area contributed by atoms with Crippen molar-refractivity contribution in [3.63, 3.8) is 0 Å². The lowest BCUT2D eigenvalue weighted by Crippen LogP contribution is -2.25. The van der Waals surface area contributed by atoms with Crippen LogP contribution in [0.3, 0.4) is 0 Å². The number of pyridine rings is 1. The maximum Gasteiger partial charge on any atom is 0.256 e. The van der Waals surface area contributed by atoms with E-state index in [1.807, 2.05) is 20.8 Å². The van der Waals surface area contributed by atoms with Gasteiger partial charge < -0.3 is 25.3 Å². The van der Waals surface area contributed by atoms with Gasteiger partial charge in [-0.2, -0.15) is 0 Å².